The summed E-state index contributed by atoms with van der Waals surface area (Å²) in [4.78, 5) is 6.56. The van der Waals surface area contributed by atoms with Crippen LogP contribution in [0.1, 0.15) is 22.8 Å². The van der Waals surface area contributed by atoms with E-state index in [9.17, 15) is 0 Å². The van der Waals surface area contributed by atoms with E-state index in [1.807, 2.05) is 0 Å². The summed E-state index contributed by atoms with van der Waals surface area (Å²) in [6.07, 6.45) is 1.04. The quantitative estimate of drug-likeness (QED) is 0.910. The first-order chi connectivity index (χ1) is 9.26. The third-order valence-corrected chi connectivity index (χ3v) is 4.08. The first-order valence-corrected chi connectivity index (χ1v) is 7.05. The van der Waals surface area contributed by atoms with Crippen LogP contribution in [0.2, 0.25) is 0 Å². The van der Waals surface area contributed by atoms with E-state index in [4.69, 9.17) is 10.3 Å². The molecule has 0 saturated carbocycles. The van der Waals surface area contributed by atoms with E-state index >= 15 is 0 Å². The summed E-state index contributed by atoms with van der Waals surface area (Å²) in [5, 5.41) is 3.94. The van der Waals surface area contributed by atoms with Crippen molar-refractivity contribution >= 4 is 28.3 Å². The number of nitrogens with two attached hydrogens (primary N) is 1. The van der Waals surface area contributed by atoms with E-state index in [2.05, 4.69) is 49.2 Å². The third-order valence-electron chi connectivity index (χ3n) is 3.34. The molecular weight excluding hydrogens is 344 g/mol. The van der Waals surface area contributed by atoms with Crippen LogP contribution in [-0.2, 0) is 26.1 Å². The molecule has 0 bridgehead atoms. The maximum Gasteiger partial charge on any atom is 0.240 e. The van der Waals surface area contributed by atoms with Crippen LogP contribution in [0.25, 0.3) is 0 Å². The van der Waals surface area contributed by atoms with Crippen molar-refractivity contribution in [2.24, 2.45) is 5.73 Å². The SMILES string of the molecule is Cl.NCc1nc(CN2CCc3c(Br)cccc3C2)no1. The van der Waals surface area contributed by atoms with Gasteiger partial charge in [-0.1, -0.05) is 33.2 Å². The number of rotatable bonds is 3. The first-order valence-electron chi connectivity index (χ1n) is 6.26. The van der Waals surface area contributed by atoms with Gasteiger partial charge >= 0.3 is 0 Å². The lowest BCUT2D eigenvalue weighted by molar-refractivity contribution is 0.235. The molecule has 1 aromatic heterocycles. The summed E-state index contributed by atoms with van der Waals surface area (Å²) < 4.78 is 6.23. The number of aromatic nitrogens is 2. The standard InChI is InChI=1S/C13H15BrN4O.ClH/c14-11-3-1-2-9-7-18(5-4-10(9)11)8-12-16-13(6-15)19-17-12;/h1-3H,4-8,15H2;1H. The Kier molecular flexibility index (Phi) is 5.15. The topological polar surface area (TPSA) is 68.2 Å². The van der Waals surface area contributed by atoms with Gasteiger partial charge in [-0.3, -0.25) is 4.90 Å². The summed E-state index contributed by atoms with van der Waals surface area (Å²) in [5.74, 6) is 1.20. The fourth-order valence-electron chi connectivity index (χ4n) is 2.39. The zero-order valence-corrected chi connectivity index (χ0v) is 13.3. The van der Waals surface area contributed by atoms with Crippen LogP contribution in [-0.4, -0.2) is 21.6 Å². The molecule has 20 heavy (non-hydrogen) atoms. The van der Waals surface area contributed by atoms with E-state index in [0.717, 1.165) is 19.5 Å². The minimum Gasteiger partial charge on any atom is -0.338 e. The highest BCUT2D eigenvalue weighted by molar-refractivity contribution is 9.10. The van der Waals surface area contributed by atoms with Gasteiger partial charge < -0.3 is 10.3 Å². The third kappa shape index (κ3) is 3.20. The average Bonchev–Trinajstić information content (AvgIpc) is 2.86. The van der Waals surface area contributed by atoms with Crippen LogP contribution in [0.5, 0.6) is 0 Å². The van der Waals surface area contributed by atoms with Crippen LogP contribution in [0.15, 0.2) is 27.2 Å². The molecule has 1 aliphatic rings. The Balaban J connectivity index is 0.00000147. The van der Waals surface area contributed by atoms with Gasteiger partial charge in [-0.25, -0.2) is 0 Å². The van der Waals surface area contributed by atoms with Crippen molar-refractivity contribution in [3.05, 3.63) is 45.5 Å². The molecular formula is C13H16BrClN4O. The van der Waals surface area contributed by atoms with Crippen molar-refractivity contribution in [2.75, 3.05) is 6.54 Å². The van der Waals surface area contributed by atoms with E-state index in [0.29, 0.717) is 24.8 Å². The molecule has 3 rings (SSSR count). The molecule has 0 unspecified atom stereocenters. The van der Waals surface area contributed by atoms with Gasteiger partial charge in [0.05, 0.1) is 13.1 Å². The molecule has 0 amide bonds. The predicted octanol–water partition coefficient (Wildman–Crippen LogP) is 2.27. The second-order valence-electron chi connectivity index (χ2n) is 4.65. The largest absolute Gasteiger partial charge is 0.338 e. The minimum absolute atomic E-state index is 0. The maximum absolute atomic E-state index is 5.46. The van der Waals surface area contributed by atoms with Gasteiger partial charge in [-0.15, -0.1) is 12.4 Å². The number of halogens is 2. The number of benzene rings is 1. The lowest BCUT2D eigenvalue weighted by Crippen LogP contribution is -2.30. The van der Waals surface area contributed by atoms with E-state index < -0.39 is 0 Å². The fourth-order valence-corrected chi connectivity index (χ4v) is 3.00. The lowest BCUT2D eigenvalue weighted by atomic mass is 10.00. The Morgan fingerprint density at radius 2 is 2.25 bits per heavy atom. The Hall–Kier alpha value is -0.950. The van der Waals surface area contributed by atoms with Crippen molar-refractivity contribution < 1.29 is 4.52 Å². The molecule has 7 heteroatoms. The van der Waals surface area contributed by atoms with Gasteiger partial charge in [0.25, 0.3) is 0 Å². The van der Waals surface area contributed by atoms with Crippen molar-refractivity contribution in [3.63, 3.8) is 0 Å². The molecule has 0 aliphatic carbocycles. The van der Waals surface area contributed by atoms with E-state index in [1.165, 1.54) is 15.6 Å². The molecule has 1 aromatic carbocycles. The Labute approximate surface area is 132 Å². The predicted molar refractivity (Wildman–Crippen MR) is 81.4 cm³/mol. The molecule has 0 radical (unpaired) electrons. The number of hydrogen-bond donors (Lipinski definition) is 1. The summed E-state index contributed by atoms with van der Waals surface area (Å²) in [7, 11) is 0. The molecule has 108 valence electrons. The number of fused-ring (bicyclic) bond motifs is 1. The van der Waals surface area contributed by atoms with Gasteiger partial charge in [0.1, 0.15) is 0 Å². The maximum atomic E-state index is 5.46. The van der Waals surface area contributed by atoms with E-state index in [-0.39, 0.29) is 12.4 Å². The van der Waals surface area contributed by atoms with Crippen molar-refractivity contribution in [2.45, 2.75) is 26.1 Å². The zero-order valence-electron chi connectivity index (χ0n) is 10.9. The second kappa shape index (κ2) is 6.67. The smallest absolute Gasteiger partial charge is 0.240 e. The van der Waals surface area contributed by atoms with Crippen LogP contribution < -0.4 is 5.73 Å². The van der Waals surface area contributed by atoms with Gasteiger partial charge in [0, 0.05) is 17.6 Å². The summed E-state index contributed by atoms with van der Waals surface area (Å²) in [6, 6.07) is 6.35. The molecule has 0 fully saturated rings. The summed E-state index contributed by atoms with van der Waals surface area (Å²) in [5.41, 5.74) is 8.24. The van der Waals surface area contributed by atoms with Gasteiger partial charge in [0.2, 0.25) is 5.89 Å². The van der Waals surface area contributed by atoms with Crippen LogP contribution in [0, 0.1) is 0 Å². The van der Waals surface area contributed by atoms with Crippen LogP contribution in [0.4, 0.5) is 0 Å². The van der Waals surface area contributed by atoms with Gasteiger partial charge in [0.15, 0.2) is 5.82 Å². The van der Waals surface area contributed by atoms with Crippen LogP contribution >= 0.6 is 28.3 Å². The molecule has 0 atom stereocenters. The van der Waals surface area contributed by atoms with Gasteiger partial charge in [-0.05, 0) is 23.6 Å². The summed E-state index contributed by atoms with van der Waals surface area (Å²) >= 11 is 3.61. The Morgan fingerprint density at radius 3 is 3.00 bits per heavy atom. The second-order valence-corrected chi connectivity index (χ2v) is 5.50. The highest BCUT2D eigenvalue weighted by atomic mass is 79.9. The molecule has 1 aliphatic heterocycles. The normalized spacial score (nSPS) is 14.7. The van der Waals surface area contributed by atoms with Crippen LogP contribution in [0.3, 0.4) is 0 Å². The molecule has 2 aromatic rings. The molecule has 0 spiro atoms. The number of hydrogen-bond acceptors (Lipinski definition) is 5. The zero-order chi connectivity index (χ0) is 13.2. The first kappa shape index (κ1) is 15.4. The average molecular weight is 360 g/mol. The fraction of sp³-hybridized carbons (Fsp3) is 0.385. The lowest BCUT2D eigenvalue weighted by Gasteiger charge is -2.28. The van der Waals surface area contributed by atoms with Crippen molar-refractivity contribution in [1.29, 1.82) is 0 Å². The Bertz CT molecular complexity index is 590. The molecule has 0 saturated heterocycles. The monoisotopic (exact) mass is 358 g/mol. The van der Waals surface area contributed by atoms with Gasteiger partial charge in [-0.2, -0.15) is 4.98 Å². The Morgan fingerprint density at radius 1 is 1.40 bits per heavy atom. The van der Waals surface area contributed by atoms with E-state index in [1.54, 1.807) is 0 Å². The molecule has 2 heterocycles. The highest BCUT2D eigenvalue weighted by Gasteiger charge is 2.19. The molecule has 5 nitrogen and oxygen atoms in total. The van der Waals surface area contributed by atoms with Crippen molar-refractivity contribution in [3.8, 4) is 0 Å². The minimum atomic E-state index is 0. The van der Waals surface area contributed by atoms with Crippen molar-refractivity contribution in [1.82, 2.24) is 15.0 Å². The molecule has 2 N–H and O–H groups in total. The summed E-state index contributed by atoms with van der Waals surface area (Å²) in [6.45, 7) is 2.92. The number of nitrogens with zero attached hydrogens (tertiary/aromatic N) is 3. The highest BCUT2D eigenvalue weighted by Crippen LogP contribution is 2.26.